The number of hydrogen-bond acceptors (Lipinski definition) is 6. The Balaban J connectivity index is 1.43. The lowest BCUT2D eigenvalue weighted by atomic mass is 10.0. The van der Waals surface area contributed by atoms with Crippen LogP contribution in [0.25, 0.3) is 0 Å². The van der Waals surface area contributed by atoms with Gasteiger partial charge in [-0.1, -0.05) is 0 Å². The molecule has 1 aromatic carbocycles. The molecule has 0 bridgehead atoms. The number of amides is 2. The van der Waals surface area contributed by atoms with Crippen molar-refractivity contribution in [3.05, 3.63) is 63.9 Å². The van der Waals surface area contributed by atoms with Crippen molar-refractivity contribution in [3.63, 3.8) is 0 Å². The highest BCUT2D eigenvalue weighted by atomic mass is 19.2. The number of rotatable bonds is 6. The van der Waals surface area contributed by atoms with Gasteiger partial charge in [-0.05, 0) is 38.2 Å². The first kappa shape index (κ1) is 22.8. The van der Waals surface area contributed by atoms with Gasteiger partial charge in [0.25, 0.3) is 17.6 Å². The summed E-state index contributed by atoms with van der Waals surface area (Å²) in [6.07, 6.45) is 2.19. The minimum atomic E-state index is -1.65. The van der Waals surface area contributed by atoms with Gasteiger partial charge in [0.05, 0.1) is 5.56 Å². The van der Waals surface area contributed by atoms with Crippen LogP contribution < -0.4 is 10.6 Å². The second kappa shape index (κ2) is 8.07. The van der Waals surface area contributed by atoms with Gasteiger partial charge in [0.1, 0.15) is 11.2 Å². The van der Waals surface area contributed by atoms with Crippen molar-refractivity contribution in [3.8, 4) is 0 Å². The van der Waals surface area contributed by atoms with E-state index in [4.69, 9.17) is 4.42 Å². The number of carbonyl (C=O) groups excluding carboxylic acids is 3. The van der Waals surface area contributed by atoms with E-state index in [1.54, 1.807) is 11.5 Å². The van der Waals surface area contributed by atoms with Crippen LogP contribution in [0.4, 0.5) is 18.9 Å². The Bertz CT molecular complexity index is 1380. The van der Waals surface area contributed by atoms with Gasteiger partial charge < -0.3 is 19.6 Å². The molecule has 0 radical (unpaired) electrons. The molecule has 2 aromatic heterocycles. The molecule has 0 atom stereocenters. The lowest BCUT2D eigenvalue weighted by Gasteiger charge is -2.13. The molecular weight excluding hydrogens is 467 g/mol. The average molecular weight is 487 g/mol. The highest BCUT2D eigenvalue weighted by Crippen LogP contribution is 2.45. The number of fused-ring (bicyclic) bond motifs is 1. The van der Waals surface area contributed by atoms with E-state index in [-0.39, 0.29) is 28.4 Å². The molecule has 182 valence electrons. The highest BCUT2D eigenvalue weighted by molar-refractivity contribution is 6.44. The predicted octanol–water partition coefficient (Wildman–Crippen LogP) is 3.09. The largest absolute Gasteiger partial charge is 0.423 e. The number of nitrogens with one attached hydrogen (secondary N) is 2. The summed E-state index contributed by atoms with van der Waals surface area (Å²) in [5, 5.41) is 12.8. The van der Waals surface area contributed by atoms with Crippen molar-refractivity contribution in [2.24, 2.45) is 0 Å². The number of carbonyl (C=O) groups is 3. The van der Waals surface area contributed by atoms with Crippen LogP contribution in [0.3, 0.4) is 0 Å². The Morgan fingerprint density at radius 2 is 1.77 bits per heavy atom. The van der Waals surface area contributed by atoms with E-state index in [1.807, 2.05) is 0 Å². The summed E-state index contributed by atoms with van der Waals surface area (Å²) in [4.78, 5) is 39.2. The maximum atomic E-state index is 13.6. The molecule has 3 aromatic rings. The minimum absolute atomic E-state index is 0.0902. The van der Waals surface area contributed by atoms with Crippen LogP contribution in [-0.2, 0) is 23.3 Å². The van der Waals surface area contributed by atoms with Gasteiger partial charge >= 0.3 is 0 Å². The second-order valence-electron chi connectivity index (χ2n) is 8.75. The maximum Gasteiger partial charge on any atom is 0.293 e. The zero-order valence-electron chi connectivity index (χ0n) is 18.8. The molecule has 1 fully saturated rings. The monoisotopic (exact) mass is 487 g/mol. The zero-order valence-corrected chi connectivity index (χ0v) is 18.8. The first-order valence-corrected chi connectivity index (χ1v) is 11.0. The molecule has 0 spiro atoms. The molecule has 2 amide bonds. The topological polar surface area (TPSA) is 119 Å². The summed E-state index contributed by atoms with van der Waals surface area (Å²) in [6.45, 7) is 3.57. The molecular formula is C23H20F3N5O4. The third-order valence-electron chi connectivity index (χ3n) is 6.34. The van der Waals surface area contributed by atoms with E-state index in [2.05, 4.69) is 20.8 Å². The van der Waals surface area contributed by atoms with Crippen LogP contribution in [0.5, 0.6) is 0 Å². The molecule has 3 heterocycles. The van der Waals surface area contributed by atoms with Gasteiger partial charge in [0, 0.05) is 37.0 Å². The van der Waals surface area contributed by atoms with Crippen molar-refractivity contribution >= 4 is 23.3 Å². The minimum Gasteiger partial charge on any atom is -0.423 e. The number of aromatic nitrogens is 3. The number of ketones is 1. The van der Waals surface area contributed by atoms with Crippen molar-refractivity contribution in [1.29, 1.82) is 0 Å². The number of hydrogen-bond donors (Lipinski definition) is 2. The summed E-state index contributed by atoms with van der Waals surface area (Å²) in [5.41, 5.74) is -0.175. The molecule has 0 saturated heterocycles. The van der Waals surface area contributed by atoms with Crippen LogP contribution in [0, 0.1) is 31.3 Å². The number of benzene rings is 1. The molecule has 1 saturated carbocycles. The van der Waals surface area contributed by atoms with Gasteiger partial charge in [0.2, 0.25) is 11.8 Å². The first-order valence-electron chi connectivity index (χ1n) is 11.0. The summed E-state index contributed by atoms with van der Waals surface area (Å²) >= 11 is 0. The number of nitrogens with zero attached hydrogens (tertiary/aromatic N) is 3. The van der Waals surface area contributed by atoms with Gasteiger partial charge in [-0.15, -0.1) is 10.2 Å². The standard InChI is InChI=1S/C23H20F3N5O4/c1-10-16(19(32)21(34)28-23(5-6-23)22-30-29-11(2)35-22)15-4-3-7-31(15)18(10)20(33)27-12-8-13(24)17(26)14(25)9-12/h8-9H,3-7H2,1-2H3,(H,27,33)(H,28,34). The highest BCUT2D eigenvalue weighted by Gasteiger charge is 2.51. The Morgan fingerprint density at radius 3 is 2.37 bits per heavy atom. The smallest absolute Gasteiger partial charge is 0.293 e. The third kappa shape index (κ3) is 3.78. The number of anilines is 1. The van der Waals surface area contributed by atoms with E-state index in [0.29, 0.717) is 55.9 Å². The van der Waals surface area contributed by atoms with Crippen molar-refractivity contribution in [2.75, 3.05) is 5.32 Å². The number of halogens is 3. The van der Waals surface area contributed by atoms with Gasteiger partial charge in [-0.3, -0.25) is 14.4 Å². The molecule has 0 unspecified atom stereocenters. The second-order valence-corrected chi connectivity index (χ2v) is 8.75. The van der Waals surface area contributed by atoms with Crippen LogP contribution >= 0.6 is 0 Å². The van der Waals surface area contributed by atoms with E-state index in [1.165, 1.54) is 6.92 Å². The quantitative estimate of drug-likeness (QED) is 0.313. The van der Waals surface area contributed by atoms with E-state index in [9.17, 15) is 27.6 Å². The zero-order chi connectivity index (χ0) is 25.1. The summed E-state index contributed by atoms with van der Waals surface area (Å²) in [5.74, 6) is -6.39. The average Bonchev–Trinajstić information content (AvgIpc) is 3.10. The summed E-state index contributed by atoms with van der Waals surface area (Å²) in [7, 11) is 0. The Labute approximate surface area is 196 Å². The summed E-state index contributed by atoms with van der Waals surface area (Å²) < 4.78 is 47.5. The van der Waals surface area contributed by atoms with Gasteiger partial charge in [-0.2, -0.15) is 0 Å². The fraction of sp³-hybridized carbons (Fsp3) is 0.348. The van der Waals surface area contributed by atoms with E-state index < -0.39 is 40.6 Å². The van der Waals surface area contributed by atoms with Crippen LogP contribution in [0.2, 0.25) is 0 Å². The normalized spacial score (nSPS) is 15.6. The molecule has 2 aliphatic rings. The predicted molar refractivity (Wildman–Crippen MR) is 114 cm³/mol. The van der Waals surface area contributed by atoms with Gasteiger partial charge in [-0.25, -0.2) is 13.2 Å². The fourth-order valence-corrected chi connectivity index (χ4v) is 4.53. The molecule has 2 N–H and O–H groups in total. The lowest BCUT2D eigenvalue weighted by molar-refractivity contribution is -0.118. The van der Waals surface area contributed by atoms with Gasteiger partial charge in [0.15, 0.2) is 17.5 Å². The van der Waals surface area contributed by atoms with E-state index in [0.717, 1.165) is 0 Å². The molecule has 12 heteroatoms. The Kier molecular flexibility index (Phi) is 5.26. The molecule has 9 nitrogen and oxygen atoms in total. The third-order valence-corrected chi connectivity index (χ3v) is 6.34. The Morgan fingerprint density at radius 1 is 1.09 bits per heavy atom. The number of Topliss-reactive ketones (excluding diaryl/α,β-unsaturated/α-hetero) is 1. The first-order chi connectivity index (χ1) is 16.6. The van der Waals surface area contributed by atoms with Crippen molar-refractivity contribution < 1.29 is 32.0 Å². The molecule has 5 rings (SSSR count). The number of aryl methyl sites for hydroxylation is 1. The maximum absolute atomic E-state index is 13.6. The van der Waals surface area contributed by atoms with Crippen molar-refractivity contribution in [1.82, 2.24) is 20.1 Å². The lowest BCUT2D eigenvalue weighted by Crippen LogP contribution is -2.40. The van der Waals surface area contributed by atoms with Crippen LogP contribution in [0.1, 0.15) is 63.1 Å². The Hall–Kier alpha value is -3.96. The van der Waals surface area contributed by atoms with Crippen molar-refractivity contribution in [2.45, 2.75) is 51.6 Å². The molecule has 1 aliphatic heterocycles. The van der Waals surface area contributed by atoms with E-state index >= 15 is 0 Å². The summed E-state index contributed by atoms with van der Waals surface area (Å²) in [6, 6.07) is 1.32. The van der Waals surface area contributed by atoms with Crippen LogP contribution in [0.15, 0.2) is 16.5 Å². The molecule has 1 aliphatic carbocycles. The fourth-order valence-electron chi connectivity index (χ4n) is 4.53. The van der Waals surface area contributed by atoms with Crippen LogP contribution in [-0.4, -0.2) is 32.4 Å². The SMILES string of the molecule is Cc1nnc(C2(NC(=O)C(=O)c3c(C)c(C(=O)Nc4cc(F)c(F)c(F)c4)n4c3CCC4)CC2)o1. The molecule has 35 heavy (non-hydrogen) atoms.